The number of nitrogens with one attached hydrogen (secondary N) is 1. The smallest absolute Gasteiger partial charge is 0.258 e. The highest BCUT2D eigenvalue weighted by molar-refractivity contribution is 7.89. The second kappa shape index (κ2) is 10.4. The lowest BCUT2D eigenvalue weighted by molar-refractivity contribution is -0.123. The molecule has 0 aliphatic carbocycles. The van der Waals surface area contributed by atoms with E-state index < -0.39 is 10.0 Å². The fraction of sp³-hybridized carbons (Fsp3) is 0.240. The Balaban J connectivity index is 1.52. The summed E-state index contributed by atoms with van der Waals surface area (Å²) in [6, 6.07) is 23.3. The van der Waals surface area contributed by atoms with Crippen molar-refractivity contribution >= 4 is 27.5 Å². The highest BCUT2D eigenvalue weighted by Crippen LogP contribution is 2.31. The van der Waals surface area contributed by atoms with Crippen LogP contribution in [0.25, 0.3) is 0 Å². The van der Waals surface area contributed by atoms with Crippen LogP contribution in [0.1, 0.15) is 30.0 Å². The van der Waals surface area contributed by atoms with Crippen LogP contribution in [0, 0.1) is 0 Å². The lowest BCUT2D eigenvalue weighted by Crippen LogP contribution is -2.33. The minimum Gasteiger partial charge on any atom is -0.482 e. The van der Waals surface area contributed by atoms with Gasteiger partial charge in [-0.2, -0.15) is 4.31 Å². The third kappa shape index (κ3) is 5.55. The number of carbonyl (C=O) groups excluding carboxylic acids is 1. The van der Waals surface area contributed by atoms with Gasteiger partial charge in [0.2, 0.25) is 10.0 Å². The van der Waals surface area contributed by atoms with Crippen molar-refractivity contribution < 1.29 is 17.9 Å². The van der Waals surface area contributed by atoms with Crippen molar-refractivity contribution in [1.82, 2.24) is 9.62 Å². The van der Waals surface area contributed by atoms with Crippen molar-refractivity contribution in [3.05, 3.63) is 95.0 Å². The molecular formula is C25H25ClN2O4S. The normalized spacial score (nSPS) is 14.4. The molecule has 33 heavy (non-hydrogen) atoms. The molecule has 0 saturated carbocycles. The molecule has 6 nitrogen and oxygen atoms in total. The third-order valence-corrected chi connectivity index (χ3v) is 7.67. The van der Waals surface area contributed by atoms with Gasteiger partial charge in [0.15, 0.2) is 6.61 Å². The van der Waals surface area contributed by atoms with E-state index in [1.807, 2.05) is 60.7 Å². The first-order valence-electron chi connectivity index (χ1n) is 10.8. The Morgan fingerprint density at radius 1 is 0.939 bits per heavy atom. The molecule has 8 heteroatoms. The number of ether oxygens (including phenoxy) is 1. The zero-order valence-electron chi connectivity index (χ0n) is 18.0. The lowest BCUT2D eigenvalue weighted by atomic mass is 9.99. The van der Waals surface area contributed by atoms with Crippen molar-refractivity contribution in [2.24, 2.45) is 0 Å². The first-order valence-corrected chi connectivity index (χ1v) is 12.6. The maximum Gasteiger partial charge on any atom is 0.258 e. The van der Waals surface area contributed by atoms with Crippen LogP contribution in [-0.2, 0) is 14.8 Å². The van der Waals surface area contributed by atoms with Crippen LogP contribution in [-0.4, -0.2) is 38.3 Å². The molecule has 0 aromatic heterocycles. The van der Waals surface area contributed by atoms with Crippen molar-refractivity contribution in [1.29, 1.82) is 0 Å². The maximum atomic E-state index is 13.1. The van der Waals surface area contributed by atoms with Crippen molar-refractivity contribution in [2.75, 3.05) is 19.7 Å². The fourth-order valence-electron chi connectivity index (χ4n) is 3.87. The first kappa shape index (κ1) is 23.3. The average Bonchev–Trinajstić information content (AvgIpc) is 3.39. The van der Waals surface area contributed by atoms with Gasteiger partial charge in [0, 0.05) is 18.1 Å². The van der Waals surface area contributed by atoms with Crippen LogP contribution in [0.5, 0.6) is 5.75 Å². The molecule has 1 saturated heterocycles. The van der Waals surface area contributed by atoms with Gasteiger partial charge in [-0.05, 0) is 42.2 Å². The van der Waals surface area contributed by atoms with Crippen molar-refractivity contribution in [3.8, 4) is 5.75 Å². The van der Waals surface area contributed by atoms with E-state index in [1.54, 1.807) is 6.07 Å². The molecule has 4 rings (SSSR count). The SMILES string of the molecule is O=C(COc1ccc(Cl)cc1S(=O)(=O)N1CCCC1)NC(c1ccccc1)c1ccccc1. The number of sulfonamides is 1. The molecule has 1 N–H and O–H groups in total. The standard InChI is InChI=1S/C25H25ClN2O4S/c26-21-13-14-22(23(17-21)33(30,31)28-15-7-8-16-28)32-18-24(29)27-25(19-9-3-1-4-10-19)20-11-5-2-6-12-20/h1-6,9-14,17,25H,7-8,15-16,18H2,(H,27,29). The third-order valence-electron chi connectivity index (χ3n) is 5.52. The number of rotatable bonds is 8. The summed E-state index contributed by atoms with van der Waals surface area (Å²) in [4.78, 5) is 12.8. The predicted octanol–water partition coefficient (Wildman–Crippen LogP) is 4.41. The Morgan fingerprint density at radius 3 is 2.09 bits per heavy atom. The fourth-order valence-corrected chi connectivity index (χ4v) is 5.78. The summed E-state index contributed by atoms with van der Waals surface area (Å²) in [5, 5.41) is 3.28. The van der Waals surface area contributed by atoms with E-state index in [-0.39, 0.29) is 34.2 Å². The molecule has 0 radical (unpaired) electrons. The van der Waals surface area contributed by atoms with Crippen LogP contribution in [0.15, 0.2) is 83.8 Å². The second-order valence-electron chi connectivity index (χ2n) is 7.81. The van der Waals surface area contributed by atoms with E-state index >= 15 is 0 Å². The monoisotopic (exact) mass is 484 g/mol. The molecule has 1 heterocycles. The minimum absolute atomic E-state index is 0.0210. The predicted molar refractivity (Wildman–Crippen MR) is 128 cm³/mol. The minimum atomic E-state index is -3.76. The van der Waals surface area contributed by atoms with Crippen molar-refractivity contribution in [3.63, 3.8) is 0 Å². The Bertz CT molecular complexity index is 1160. The number of hydrogen-bond acceptors (Lipinski definition) is 4. The van der Waals surface area contributed by atoms with Crippen molar-refractivity contribution in [2.45, 2.75) is 23.8 Å². The highest BCUT2D eigenvalue weighted by Gasteiger charge is 2.30. The van der Waals surface area contributed by atoms with Crippen LogP contribution in [0.4, 0.5) is 0 Å². The summed E-state index contributed by atoms with van der Waals surface area (Å²) in [5.41, 5.74) is 1.86. The molecule has 1 aliphatic rings. The number of amides is 1. The van der Waals surface area contributed by atoms with Crippen LogP contribution >= 0.6 is 11.6 Å². The zero-order valence-corrected chi connectivity index (χ0v) is 19.6. The molecule has 3 aromatic rings. The number of halogens is 1. The van der Waals surface area contributed by atoms with E-state index in [2.05, 4.69) is 5.32 Å². The number of benzene rings is 3. The summed E-state index contributed by atoms with van der Waals surface area (Å²) in [6.07, 6.45) is 1.64. The Hall–Kier alpha value is -2.87. The van der Waals surface area contributed by atoms with E-state index in [4.69, 9.17) is 16.3 Å². The second-order valence-corrected chi connectivity index (χ2v) is 10.2. The van der Waals surface area contributed by atoms with Crippen LogP contribution in [0.3, 0.4) is 0 Å². The quantitative estimate of drug-likeness (QED) is 0.514. The molecule has 3 aromatic carbocycles. The van der Waals surface area contributed by atoms with Gasteiger partial charge < -0.3 is 10.1 Å². The zero-order chi connectivity index (χ0) is 23.3. The lowest BCUT2D eigenvalue weighted by Gasteiger charge is -2.21. The largest absolute Gasteiger partial charge is 0.482 e. The van der Waals surface area contributed by atoms with Gasteiger partial charge >= 0.3 is 0 Å². The summed E-state index contributed by atoms with van der Waals surface area (Å²) >= 11 is 6.08. The molecule has 0 bridgehead atoms. The van der Waals surface area contributed by atoms with Gasteiger partial charge in [-0.15, -0.1) is 0 Å². The molecule has 0 atom stereocenters. The maximum absolute atomic E-state index is 13.1. The molecule has 1 amide bonds. The van der Waals surface area contributed by atoms with E-state index in [1.165, 1.54) is 16.4 Å². The molecule has 1 aliphatic heterocycles. The van der Waals surface area contributed by atoms with Crippen LogP contribution in [0.2, 0.25) is 5.02 Å². The molecule has 0 spiro atoms. The first-order chi connectivity index (χ1) is 15.9. The number of nitrogens with zero attached hydrogens (tertiary/aromatic N) is 1. The summed E-state index contributed by atoms with van der Waals surface area (Å²) in [6.45, 7) is 0.593. The molecule has 172 valence electrons. The average molecular weight is 485 g/mol. The molecular weight excluding hydrogens is 460 g/mol. The van der Waals surface area contributed by atoms with Gasteiger partial charge in [0.25, 0.3) is 5.91 Å². The van der Waals surface area contributed by atoms with Crippen LogP contribution < -0.4 is 10.1 Å². The Labute approximate surface area is 199 Å². The topological polar surface area (TPSA) is 75.7 Å². The number of carbonyl (C=O) groups is 1. The van der Waals surface area contributed by atoms with Gasteiger partial charge in [-0.1, -0.05) is 72.3 Å². The summed E-state index contributed by atoms with van der Waals surface area (Å²) < 4.78 is 33.3. The number of hydrogen-bond donors (Lipinski definition) is 1. The van der Waals surface area contributed by atoms with Gasteiger partial charge in [0.1, 0.15) is 10.6 Å². The van der Waals surface area contributed by atoms with Gasteiger partial charge in [-0.25, -0.2) is 8.42 Å². The summed E-state index contributed by atoms with van der Waals surface area (Å²) in [7, 11) is -3.76. The van der Waals surface area contributed by atoms with E-state index in [9.17, 15) is 13.2 Å². The van der Waals surface area contributed by atoms with Gasteiger partial charge in [0.05, 0.1) is 6.04 Å². The highest BCUT2D eigenvalue weighted by atomic mass is 35.5. The Kier molecular flexibility index (Phi) is 7.33. The molecule has 1 fully saturated rings. The summed E-state index contributed by atoms with van der Waals surface area (Å²) in [5.74, 6) is -0.260. The van der Waals surface area contributed by atoms with E-state index in [0.29, 0.717) is 13.1 Å². The molecule has 0 unspecified atom stereocenters. The van der Waals surface area contributed by atoms with E-state index in [0.717, 1.165) is 24.0 Å². The van der Waals surface area contributed by atoms with Gasteiger partial charge in [-0.3, -0.25) is 4.79 Å². The Morgan fingerprint density at radius 2 is 1.52 bits per heavy atom.